The van der Waals surface area contributed by atoms with Gasteiger partial charge in [-0.25, -0.2) is 4.98 Å². The number of hydrogen-bond donors (Lipinski definition) is 1. The van der Waals surface area contributed by atoms with Crippen LogP contribution in [-0.2, 0) is 16.9 Å². The van der Waals surface area contributed by atoms with E-state index in [1.165, 1.54) is 4.57 Å². The summed E-state index contributed by atoms with van der Waals surface area (Å²) >= 11 is 0. The van der Waals surface area contributed by atoms with E-state index in [0.29, 0.717) is 25.6 Å². The third kappa shape index (κ3) is 2.92. The van der Waals surface area contributed by atoms with Gasteiger partial charge in [0.2, 0.25) is 5.75 Å². The van der Waals surface area contributed by atoms with E-state index in [4.69, 9.17) is 15.2 Å². The topological polar surface area (TPSA) is 96.4 Å². The van der Waals surface area contributed by atoms with Crippen LogP contribution in [0.3, 0.4) is 0 Å². The van der Waals surface area contributed by atoms with E-state index in [1.54, 1.807) is 13.8 Å². The Bertz CT molecular complexity index is 607. The number of nitrogens with two attached hydrogens (primary N) is 1. The van der Waals surface area contributed by atoms with Crippen molar-refractivity contribution in [3.8, 4) is 5.75 Å². The molecule has 0 saturated heterocycles. The number of rotatable bonds is 5. The largest absolute Gasteiger partial charge is 0.486 e. The Morgan fingerprint density at radius 2 is 2.24 bits per heavy atom. The number of aromatic nitrogens is 2. The lowest BCUT2D eigenvalue weighted by molar-refractivity contribution is -0.0567. The van der Waals surface area contributed by atoms with E-state index in [-0.39, 0.29) is 17.0 Å². The minimum absolute atomic E-state index is 0.0580. The molecule has 7 heteroatoms. The zero-order valence-corrected chi connectivity index (χ0v) is 12.6. The van der Waals surface area contributed by atoms with Crippen molar-refractivity contribution in [1.82, 2.24) is 9.55 Å². The van der Waals surface area contributed by atoms with Crippen LogP contribution in [-0.4, -0.2) is 28.7 Å². The van der Waals surface area contributed by atoms with Crippen LogP contribution in [0, 0.1) is 0 Å². The van der Waals surface area contributed by atoms with Crippen LogP contribution < -0.4 is 16.0 Å². The number of fused-ring (bicyclic) bond motifs is 1. The van der Waals surface area contributed by atoms with E-state index in [0.717, 1.165) is 12.8 Å². The molecule has 0 fully saturated rings. The fourth-order valence-corrected chi connectivity index (χ4v) is 2.28. The van der Waals surface area contributed by atoms with Gasteiger partial charge in [-0.3, -0.25) is 14.2 Å². The van der Waals surface area contributed by atoms with E-state index in [2.05, 4.69) is 4.98 Å². The summed E-state index contributed by atoms with van der Waals surface area (Å²) in [6.07, 6.45) is 1.71. The Kier molecular flexibility index (Phi) is 4.32. The maximum Gasteiger partial charge on any atom is 0.296 e. The van der Waals surface area contributed by atoms with Gasteiger partial charge >= 0.3 is 0 Å². The summed E-state index contributed by atoms with van der Waals surface area (Å²) in [7, 11) is 0. The van der Waals surface area contributed by atoms with Gasteiger partial charge in [0.15, 0.2) is 5.69 Å². The van der Waals surface area contributed by atoms with Gasteiger partial charge < -0.3 is 15.2 Å². The highest BCUT2D eigenvalue weighted by Gasteiger charge is 2.34. The van der Waals surface area contributed by atoms with Crippen molar-refractivity contribution in [1.29, 1.82) is 0 Å². The molecular formula is C14H21N3O4. The number of unbranched alkanes of at least 4 members (excludes halogenated alkanes) is 1. The first kappa shape index (κ1) is 15.5. The van der Waals surface area contributed by atoms with Crippen LogP contribution >= 0.6 is 0 Å². The lowest BCUT2D eigenvalue weighted by Gasteiger charge is -2.32. The molecule has 21 heavy (non-hydrogen) atoms. The van der Waals surface area contributed by atoms with Crippen LogP contribution in [0.4, 0.5) is 0 Å². The van der Waals surface area contributed by atoms with Gasteiger partial charge in [0.25, 0.3) is 11.5 Å². The Morgan fingerprint density at radius 1 is 1.52 bits per heavy atom. The Morgan fingerprint density at radius 3 is 2.86 bits per heavy atom. The smallest absolute Gasteiger partial charge is 0.296 e. The van der Waals surface area contributed by atoms with Crippen molar-refractivity contribution < 1.29 is 14.3 Å². The molecule has 2 heterocycles. The van der Waals surface area contributed by atoms with Crippen molar-refractivity contribution in [2.24, 2.45) is 5.73 Å². The molecule has 0 aliphatic carbocycles. The van der Waals surface area contributed by atoms with Gasteiger partial charge in [0.05, 0.1) is 19.8 Å². The molecule has 7 nitrogen and oxygen atoms in total. The van der Waals surface area contributed by atoms with E-state index in [1.807, 2.05) is 6.92 Å². The molecule has 0 unspecified atom stereocenters. The molecule has 1 aliphatic heterocycles. The highest BCUT2D eigenvalue weighted by atomic mass is 16.5. The minimum Gasteiger partial charge on any atom is -0.486 e. The van der Waals surface area contributed by atoms with Gasteiger partial charge in [-0.1, -0.05) is 13.3 Å². The minimum atomic E-state index is -0.775. The Hall–Kier alpha value is -1.89. The monoisotopic (exact) mass is 295 g/mol. The molecule has 2 rings (SSSR count). The van der Waals surface area contributed by atoms with Crippen LogP contribution in [0.5, 0.6) is 5.75 Å². The summed E-state index contributed by atoms with van der Waals surface area (Å²) in [6, 6.07) is 0. The fraction of sp³-hybridized carbons (Fsp3) is 0.643. The molecule has 0 atom stereocenters. The number of primary amides is 1. The normalized spacial score (nSPS) is 16.3. The lowest BCUT2D eigenvalue weighted by atomic mass is 10.1. The van der Waals surface area contributed by atoms with Crippen LogP contribution in [0.1, 0.15) is 49.9 Å². The molecule has 1 aliphatic rings. The van der Waals surface area contributed by atoms with E-state index >= 15 is 0 Å². The summed E-state index contributed by atoms with van der Waals surface area (Å²) < 4.78 is 12.6. The van der Waals surface area contributed by atoms with Crippen LogP contribution in [0.2, 0.25) is 0 Å². The second kappa shape index (κ2) is 5.85. The molecule has 0 bridgehead atoms. The first-order valence-corrected chi connectivity index (χ1v) is 7.10. The first-order valence-electron chi connectivity index (χ1n) is 7.10. The van der Waals surface area contributed by atoms with E-state index in [9.17, 15) is 9.59 Å². The van der Waals surface area contributed by atoms with Crippen molar-refractivity contribution in [2.75, 3.05) is 13.2 Å². The van der Waals surface area contributed by atoms with Gasteiger partial charge in [0, 0.05) is 0 Å². The zero-order chi connectivity index (χ0) is 15.6. The second-order valence-corrected chi connectivity index (χ2v) is 5.49. The third-order valence-corrected chi connectivity index (χ3v) is 3.42. The molecule has 1 aromatic heterocycles. The predicted octanol–water partition coefficient (Wildman–Crippen LogP) is 0.786. The molecule has 1 aromatic rings. The van der Waals surface area contributed by atoms with Crippen molar-refractivity contribution >= 4 is 5.91 Å². The summed E-state index contributed by atoms with van der Waals surface area (Å²) in [5.74, 6) is -0.434. The molecular weight excluding hydrogens is 274 g/mol. The third-order valence-electron chi connectivity index (χ3n) is 3.42. The molecule has 1 amide bonds. The molecule has 0 radical (unpaired) electrons. The zero-order valence-electron chi connectivity index (χ0n) is 12.6. The molecule has 116 valence electrons. The van der Waals surface area contributed by atoms with Crippen molar-refractivity contribution in [3.63, 3.8) is 0 Å². The number of amides is 1. The fourth-order valence-electron chi connectivity index (χ4n) is 2.28. The number of hydrogen-bond acceptors (Lipinski definition) is 5. The van der Waals surface area contributed by atoms with Crippen LogP contribution in [0.15, 0.2) is 4.79 Å². The number of nitrogens with zero attached hydrogens (tertiary/aromatic N) is 2. The summed E-state index contributed by atoms with van der Waals surface area (Å²) in [6.45, 7) is 6.75. The maximum absolute atomic E-state index is 12.6. The Balaban J connectivity index is 2.55. The quantitative estimate of drug-likeness (QED) is 0.810. The predicted molar refractivity (Wildman–Crippen MR) is 76.4 cm³/mol. The molecule has 0 aromatic carbocycles. The standard InChI is InChI=1S/C14H21N3O4/c1-4-5-7-20-10-9(11(15)18)16-13-14(2,3)21-8-6-17(13)12(10)19/h4-8H2,1-3H3,(H2,15,18). The average Bonchev–Trinajstić information content (AvgIpc) is 2.41. The summed E-state index contributed by atoms with van der Waals surface area (Å²) in [5, 5.41) is 0. The maximum atomic E-state index is 12.6. The Labute approximate surface area is 123 Å². The van der Waals surface area contributed by atoms with E-state index < -0.39 is 11.5 Å². The number of ether oxygens (including phenoxy) is 2. The van der Waals surface area contributed by atoms with Gasteiger partial charge in [-0.05, 0) is 20.3 Å². The highest BCUT2D eigenvalue weighted by molar-refractivity contribution is 5.93. The average molecular weight is 295 g/mol. The van der Waals surface area contributed by atoms with Gasteiger partial charge in [-0.15, -0.1) is 0 Å². The van der Waals surface area contributed by atoms with Gasteiger partial charge in [-0.2, -0.15) is 0 Å². The van der Waals surface area contributed by atoms with Gasteiger partial charge in [0.1, 0.15) is 11.4 Å². The summed E-state index contributed by atoms with van der Waals surface area (Å²) in [5.41, 5.74) is 4.09. The van der Waals surface area contributed by atoms with Crippen LogP contribution in [0.25, 0.3) is 0 Å². The molecule has 2 N–H and O–H groups in total. The first-order chi connectivity index (χ1) is 9.88. The molecule has 0 spiro atoms. The number of carbonyl (C=O) groups is 1. The lowest BCUT2D eigenvalue weighted by Crippen LogP contribution is -2.42. The SMILES string of the molecule is CCCCOc1c(C(N)=O)nc2n(c1=O)CCOC2(C)C. The number of carbonyl (C=O) groups excluding carboxylic acids is 1. The van der Waals surface area contributed by atoms with Crippen molar-refractivity contribution in [3.05, 3.63) is 21.9 Å². The molecule has 0 saturated carbocycles. The van der Waals surface area contributed by atoms with Crippen molar-refractivity contribution in [2.45, 2.75) is 45.8 Å². The highest BCUT2D eigenvalue weighted by Crippen LogP contribution is 2.27. The second-order valence-electron chi connectivity index (χ2n) is 5.49. The summed E-state index contributed by atoms with van der Waals surface area (Å²) in [4.78, 5) is 28.4.